The van der Waals surface area contributed by atoms with E-state index in [4.69, 9.17) is 0 Å². The summed E-state index contributed by atoms with van der Waals surface area (Å²) in [5.74, 6) is -0.440. The Balaban J connectivity index is 1.87. The van der Waals surface area contributed by atoms with Crippen LogP contribution in [0, 0.1) is 0 Å². The summed E-state index contributed by atoms with van der Waals surface area (Å²) in [6, 6.07) is 17.6. The Bertz CT molecular complexity index is 716. The molecule has 0 fully saturated rings. The molecule has 5 heteroatoms. The highest BCUT2D eigenvalue weighted by molar-refractivity contribution is 7.08. The van der Waals surface area contributed by atoms with Crippen LogP contribution in [0.4, 0.5) is 0 Å². The van der Waals surface area contributed by atoms with Crippen molar-refractivity contribution in [2.45, 2.75) is 0 Å². The molecule has 0 spiro atoms. The molecule has 0 radical (unpaired) electrons. The molecule has 0 aliphatic carbocycles. The first kappa shape index (κ1) is 13.3. The number of aromatic nitrogens is 2. The molecular formula is C16H10N2O2S. The number of rotatable bonds is 4. The zero-order valence-electron chi connectivity index (χ0n) is 10.9. The Morgan fingerprint density at radius 3 is 1.86 bits per heavy atom. The minimum absolute atomic E-state index is 0.0606. The largest absolute Gasteiger partial charge is 0.286 e. The number of nitrogens with zero attached hydrogens (tertiary/aromatic N) is 2. The lowest BCUT2D eigenvalue weighted by atomic mass is 10.1. The van der Waals surface area contributed by atoms with Crippen LogP contribution >= 0.6 is 11.5 Å². The van der Waals surface area contributed by atoms with Crippen LogP contribution in [0.15, 0.2) is 60.7 Å². The zero-order valence-corrected chi connectivity index (χ0v) is 11.7. The van der Waals surface area contributed by atoms with E-state index in [1.165, 1.54) is 0 Å². The van der Waals surface area contributed by atoms with Gasteiger partial charge in [0.2, 0.25) is 17.4 Å². The summed E-state index contributed by atoms with van der Waals surface area (Å²) in [4.78, 5) is 28.5. The standard InChI is InChI=1S/C16H10N2O2S/c19-13(11-7-3-1-4-8-11)15-17-16(21-18-15)14(20)12-9-5-2-6-10-12/h1-10H. The summed E-state index contributed by atoms with van der Waals surface area (Å²) in [7, 11) is 0. The lowest BCUT2D eigenvalue weighted by Gasteiger charge is -1.95. The second-order valence-electron chi connectivity index (χ2n) is 4.31. The molecular weight excluding hydrogens is 284 g/mol. The van der Waals surface area contributed by atoms with Crippen molar-refractivity contribution in [3.05, 3.63) is 82.6 Å². The summed E-state index contributed by atoms with van der Waals surface area (Å²) in [6.07, 6.45) is 0. The third-order valence-corrected chi connectivity index (χ3v) is 3.61. The first-order valence-corrected chi connectivity index (χ1v) is 7.06. The fraction of sp³-hybridized carbons (Fsp3) is 0. The van der Waals surface area contributed by atoms with Crippen molar-refractivity contribution in [1.29, 1.82) is 0 Å². The maximum Gasteiger partial charge on any atom is 0.231 e. The van der Waals surface area contributed by atoms with E-state index in [0.717, 1.165) is 11.5 Å². The first-order chi connectivity index (χ1) is 10.3. The van der Waals surface area contributed by atoms with Crippen LogP contribution in [-0.2, 0) is 0 Å². The van der Waals surface area contributed by atoms with Crippen LogP contribution in [0.2, 0.25) is 0 Å². The van der Waals surface area contributed by atoms with E-state index in [1.807, 2.05) is 12.1 Å². The van der Waals surface area contributed by atoms with Crippen LogP contribution in [0.25, 0.3) is 0 Å². The molecule has 0 atom stereocenters. The number of ketones is 2. The van der Waals surface area contributed by atoms with Gasteiger partial charge in [0.15, 0.2) is 5.01 Å². The molecule has 2 aromatic carbocycles. The fourth-order valence-electron chi connectivity index (χ4n) is 1.84. The second-order valence-corrected chi connectivity index (χ2v) is 5.07. The maximum atomic E-state index is 12.2. The topological polar surface area (TPSA) is 59.9 Å². The van der Waals surface area contributed by atoms with Gasteiger partial charge >= 0.3 is 0 Å². The van der Waals surface area contributed by atoms with Crippen LogP contribution < -0.4 is 0 Å². The maximum absolute atomic E-state index is 12.2. The molecule has 4 nitrogen and oxygen atoms in total. The normalized spacial score (nSPS) is 10.3. The van der Waals surface area contributed by atoms with Crippen molar-refractivity contribution >= 4 is 23.1 Å². The Hall–Kier alpha value is -2.66. The van der Waals surface area contributed by atoms with Crippen LogP contribution in [0.3, 0.4) is 0 Å². The molecule has 102 valence electrons. The van der Waals surface area contributed by atoms with E-state index < -0.39 is 0 Å². The number of benzene rings is 2. The molecule has 0 amide bonds. The molecule has 3 aromatic rings. The van der Waals surface area contributed by atoms with Gasteiger partial charge < -0.3 is 0 Å². The highest BCUT2D eigenvalue weighted by Crippen LogP contribution is 2.14. The fourth-order valence-corrected chi connectivity index (χ4v) is 2.46. The van der Waals surface area contributed by atoms with Crippen molar-refractivity contribution in [3.8, 4) is 0 Å². The Labute approximate surface area is 125 Å². The third kappa shape index (κ3) is 2.78. The van der Waals surface area contributed by atoms with Gasteiger partial charge in [-0.3, -0.25) is 9.59 Å². The molecule has 0 bridgehead atoms. The van der Waals surface area contributed by atoms with E-state index >= 15 is 0 Å². The Morgan fingerprint density at radius 1 is 0.762 bits per heavy atom. The van der Waals surface area contributed by atoms with Crippen LogP contribution in [0.5, 0.6) is 0 Å². The van der Waals surface area contributed by atoms with Gasteiger partial charge in [-0.1, -0.05) is 60.7 Å². The summed E-state index contributed by atoms with van der Waals surface area (Å²) >= 11 is 0.944. The second kappa shape index (κ2) is 5.76. The van der Waals surface area contributed by atoms with Gasteiger partial charge in [0.1, 0.15) is 0 Å². The van der Waals surface area contributed by atoms with Crippen molar-refractivity contribution in [1.82, 2.24) is 9.36 Å². The molecule has 0 saturated heterocycles. The molecule has 3 rings (SSSR count). The van der Waals surface area contributed by atoms with Crippen molar-refractivity contribution in [2.24, 2.45) is 0 Å². The zero-order chi connectivity index (χ0) is 14.7. The van der Waals surface area contributed by atoms with Crippen molar-refractivity contribution < 1.29 is 9.59 Å². The molecule has 0 saturated carbocycles. The van der Waals surface area contributed by atoms with E-state index in [9.17, 15) is 9.59 Å². The predicted molar refractivity (Wildman–Crippen MR) is 79.7 cm³/mol. The quantitative estimate of drug-likeness (QED) is 0.694. The predicted octanol–water partition coefficient (Wildman–Crippen LogP) is 3.00. The summed E-state index contributed by atoms with van der Waals surface area (Å²) in [5, 5.41) is 0.223. The summed E-state index contributed by atoms with van der Waals surface area (Å²) < 4.78 is 4.00. The van der Waals surface area contributed by atoms with Crippen molar-refractivity contribution in [2.75, 3.05) is 0 Å². The van der Waals surface area contributed by atoms with Crippen LogP contribution in [-0.4, -0.2) is 20.9 Å². The molecule has 1 heterocycles. The van der Waals surface area contributed by atoms with E-state index in [2.05, 4.69) is 9.36 Å². The number of hydrogen-bond donors (Lipinski definition) is 0. The minimum Gasteiger partial charge on any atom is -0.286 e. The lowest BCUT2D eigenvalue weighted by molar-refractivity contribution is 0.103. The highest BCUT2D eigenvalue weighted by Gasteiger charge is 2.19. The van der Waals surface area contributed by atoms with Gasteiger partial charge in [-0.05, 0) is 11.5 Å². The number of carbonyl (C=O) groups is 2. The molecule has 0 N–H and O–H groups in total. The Morgan fingerprint density at radius 2 is 1.29 bits per heavy atom. The summed E-state index contributed by atoms with van der Waals surface area (Å²) in [5.41, 5.74) is 1.04. The minimum atomic E-state index is -0.279. The Kier molecular flexibility index (Phi) is 3.66. The smallest absolute Gasteiger partial charge is 0.231 e. The third-order valence-electron chi connectivity index (χ3n) is 2.90. The van der Waals surface area contributed by atoms with Crippen molar-refractivity contribution in [3.63, 3.8) is 0 Å². The lowest BCUT2D eigenvalue weighted by Crippen LogP contribution is -2.05. The van der Waals surface area contributed by atoms with Gasteiger partial charge in [0.25, 0.3) is 0 Å². The number of carbonyl (C=O) groups excluding carboxylic acids is 2. The average Bonchev–Trinajstić information content (AvgIpc) is 3.05. The van der Waals surface area contributed by atoms with Gasteiger partial charge in [-0.25, -0.2) is 4.98 Å². The average molecular weight is 294 g/mol. The SMILES string of the molecule is O=C(c1ccccc1)c1nsc(C(=O)c2ccccc2)n1. The summed E-state index contributed by atoms with van der Waals surface area (Å²) in [6.45, 7) is 0. The first-order valence-electron chi connectivity index (χ1n) is 6.29. The van der Waals surface area contributed by atoms with Gasteiger partial charge in [0, 0.05) is 11.1 Å². The van der Waals surface area contributed by atoms with E-state index in [-0.39, 0.29) is 22.4 Å². The highest BCUT2D eigenvalue weighted by atomic mass is 32.1. The molecule has 0 unspecified atom stereocenters. The monoisotopic (exact) mass is 294 g/mol. The van der Waals surface area contributed by atoms with E-state index in [0.29, 0.717) is 11.1 Å². The molecule has 0 aliphatic rings. The van der Waals surface area contributed by atoms with Gasteiger partial charge in [0.05, 0.1) is 0 Å². The van der Waals surface area contributed by atoms with Gasteiger partial charge in [-0.2, -0.15) is 4.37 Å². The molecule has 0 aliphatic heterocycles. The number of hydrogen-bond acceptors (Lipinski definition) is 5. The van der Waals surface area contributed by atoms with E-state index in [1.54, 1.807) is 48.5 Å². The molecule has 1 aromatic heterocycles. The van der Waals surface area contributed by atoms with Gasteiger partial charge in [-0.15, -0.1) is 0 Å². The molecule has 21 heavy (non-hydrogen) atoms. The van der Waals surface area contributed by atoms with Crippen LogP contribution in [0.1, 0.15) is 31.5 Å².